The minimum Gasteiger partial charge on any atom is -0.378 e. The maximum atomic E-state index is 11.9. The molecule has 1 aliphatic carbocycles. The number of hydrogen-bond acceptors (Lipinski definition) is 4. The second kappa shape index (κ2) is 10.2. The number of sulfonamides is 1. The average Bonchev–Trinajstić information content (AvgIpc) is 2.79. The van der Waals surface area contributed by atoms with Crippen LogP contribution in [0.15, 0.2) is 60.7 Å². The lowest BCUT2D eigenvalue weighted by Crippen LogP contribution is -2.52. The zero-order valence-corrected chi connectivity index (χ0v) is 19.1. The van der Waals surface area contributed by atoms with Gasteiger partial charge < -0.3 is 9.64 Å². The molecule has 0 amide bonds. The van der Waals surface area contributed by atoms with Crippen LogP contribution in [0.25, 0.3) is 0 Å². The van der Waals surface area contributed by atoms with Crippen LogP contribution in [0.1, 0.15) is 43.6 Å². The Hall–Kier alpha value is -1.89. The van der Waals surface area contributed by atoms with Crippen LogP contribution in [0.2, 0.25) is 0 Å². The number of ether oxygens (including phenoxy) is 1. The van der Waals surface area contributed by atoms with E-state index in [1.54, 1.807) is 0 Å². The minimum atomic E-state index is -3.24. The highest BCUT2D eigenvalue weighted by Gasteiger charge is 2.32. The molecule has 0 aromatic heterocycles. The molecule has 2 aromatic rings. The first-order chi connectivity index (χ1) is 15.0. The highest BCUT2D eigenvalue weighted by atomic mass is 32.2. The highest BCUT2D eigenvalue weighted by molar-refractivity contribution is 7.88. The van der Waals surface area contributed by atoms with E-state index in [0.717, 1.165) is 45.2 Å². The summed E-state index contributed by atoms with van der Waals surface area (Å²) in [7, 11) is -3.24. The van der Waals surface area contributed by atoms with E-state index in [1.807, 2.05) is 18.2 Å². The van der Waals surface area contributed by atoms with Gasteiger partial charge in [-0.05, 0) is 55.7 Å². The molecule has 0 bridgehead atoms. The van der Waals surface area contributed by atoms with E-state index < -0.39 is 10.0 Å². The second-order valence-corrected chi connectivity index (χ2v) is 10.8. The fourth-order valence-electron chi connectivity index (χ4n) is 5.05. The first-order valence-corrected chi connectivity index (χ1v) is 13.3. The van der Waals surface area contributed by atoms with Crippen LogP contribution in [0, 0.1) is 5.92 Å². The Morgan fingerprint density at radius 2 is 1.58 bits per heavy atom. The Kier molecular flexibility index (Phi) is 7.31. The molecule has 168 valence electrons. The van der Waals surface area contributed by atoms with Crippen LogP contribution >= 0.6 is 0 Å². The SMILES string of the molecule is CS(=O)(=O)N[C@H]1CCN(c2ccccc2)C[C@H]1CO[C@H]1CC[C@@H](c2ccccc2)CC1. The van der Waals surface area contributed by atoms with E-state index in [0.29, 0.717) is 12.5 Å². The lowest BCUT2D eigenvalue weighted by molar-refractivity contribution is -0.00209. The van der Waals surface area contributed by atoms with Gasteiger partial charge in [0.05, 0.1) is 19.0 Å². The van der Waals surface area contributed by atoms with Crippen molar-refractivity contribution in [2.45, 2.75) is 50.2 Å². The summed E-state index contributed by atoms with van der Waals surface area (Å²) in [5, 5.41) is 0. The predicted molar refractivity (Wildman–Crippen MR) is 126 cm³/mol. The van der Waals surface area contributed by atoms with Gasteiger partial charge in [0.15, 0.2) is 0 Å². The average molecular weight is 443 g/mol. The molecule has 6 heteroatoms. The molecule has 1 saturated carbocycles. The molecule has 0 unspecified atom stereocenters. The van der Waals surface area contributed by atoms with Gasteiger partial charge in [0.25, 0.3) is 0 Å². The largest absolute Gasteiger partial charge is 0.378 e. The third kappa shape index (κ3) is 6.31. The monoisotopic (exact) mass is 442 g/mol. The normalized spacial score (nSPS) is 27.2. The number of nitrogens with zero attached hydrogens (tertiary/aromatic N) is 1. The van der Waals surface area contributed by atoms with Gasteiger partial charge in [0.2, 0.25) is 10.0 Å². The van der Waals surface area contributed by atoms with Crippen molar-refractivity contribution < 1.29 is 13.2 Å². The van der Waals surface area contributed by atoms with Gasteiger partial charge in [0.1, 0.15) is 0 Å². The summed E-state index contributed by atoms with van der Waals surface area (Å²) >= 11 is 0. The summed E-state index contributed by atoms with van der Waals surface area (Å²) in [4.78, 5) is 2.35. The van der Waals surface area contributed by atoms with Gasteiger partial charge in [-0.3, -0.25) is 0 Å². The van der Waals surface area contributed by atoms with Crippen LogP contribution in [0.4, 0.5) is 5.69 Å². The fourth-order valence-corrected chi connectivity index (χ4v) is 5.91. The van der Waals surface area contributed by atoms with Gasteiger partial charge in [-0.2, -0.15) is 0 Å². The van der Waals surface area contributed by atoms with E-state index in [1.165, 1.54) is 17.5 Å². The molecule has 4 rings (SSSR count). The van der Waals surface area contributed by atoms with Crippen molar-refractivity contribution in [3.8, 4) is 0 Å². The van der Waals surface area contributed by atoms with Gasteiger partial charge in [-0.1, -0.05) is 48.5 Å². The smallest absolute Gasteiger partial charge is 0.208 e. The number of piperidine rings is 1. The molecule has 2 atom stereocenters. The Labute approximate surface area is 186 Å². The molecule has 1 saturated heterocycles. The Balaban J connectivity index is 1.34. The Morgan fingerprint density at radius 3 is 2.23 bits per heavy atom. The van der Waals surface area contributed by atoms with Crippen LogP contribution in [-0.2, 0) is 14.8 Å². The maximum absolute atomic E-state index is 11.9. The fraction of sp³-hybridized carbons (Fsp3) is 0.520. The molecule has 1 heterocycles. The zero-order valence-electron chi connectivity index (χ0n) is 18.3. The van der Waals surface area contributed by atoms with Crippen molar-refractivity contribution in [1.29, 1.82) is 0 Å². The van der Waals surface area contributed by atoms with Crippen LogP contribution in [0.3, 0.4) is 0 Å². The Morgan fingerprint density at radius 1 is 0.935 bits per heavy atom. The number of hydrogen-bond donors (Lipinski definition) is 1. The van der Waals surface area contributed by atoms with Crippen molar-refractivity contribution in [3.05, 3.63) is 66.2 Å². The summed E-state index contributed by atoms with van der Waals surface area (Å²) in [6.07, 6.45) is 6.75. The number of para-hydroxylation sites is 1. The van der Waals surface area contributed by atoms with E-state index in [4.69, 9.17) is 4.74 Å². The van der Waals surface area contributed by atoms with Crippen molar-refractivity contribution in [2.24, 2.45) is 5.92 Å². The molecule has 0 spiro atoms. The lowest BCUT2D eigenvalue weighted by Gasteiger charge is -2.40. The van der Waals surface area contributed by atoms with Gasteiger partial charge >= 0.3 is 0 Å². The standard InChI is InChI=1S/C25H34N2O3S/c1-31(28,29)26-25-16-17-27(23-10-6-3-7-11-23)18-22(25)19-30-24-14-12-21(13-15-24)20-8-4-2-5-9-20/h2-11,21-22,24-26H,12-19H2,1H3/t21-,22-,24+,25-/m0/s1. The van der Waals surface area contributed by atoms with Crippen LogP contribution < -0.4 is 9.62 Å². The van der Waals surface area contributed by atoms with Crippen molar-refractivity contribution in [2.75, 3.05) is 30.9 Å². The van der Waals surface area contributed by atoms with E-state index in [2.05, 4.69) is 52.1 Å². The molecular formula is C25H34N2O3S. The summed E-state index contributed by atoms with van der Waals surface area (Å²) in [5.41, 5.74) is 2.62. The molecule has 2 fully saturated rings. The van der Waals surface area contributed by atoms with Gasteiger partial charge in [-0.25, -0.2) is 13.1 Å². The molecule has 0 radical (unpaired) electrons. The summed E-state index contributed by atoms with van der Waals surface area (Å²) < 4.78 is 33.1. The summed E-state index contributed by atoms with van der Waals surface area (Å²) in [6.45, 7) is 2.24. The molecule has 5 nitrogen and oxygen atoms in total. The van der Waals surface area contributed by atoms with Gasteiger partial charge in [0, 0.05) is 30.7 Å². The molecule has 2 aliphatic rings. The van der Waals surface area contributed by atoms with Crippen LogP contribution in [0.5, 0.6) is 0 Å². The van der Waals surface area contributed by atoms with Crippen molar-refractivity contribution in [3.63, 3.8) is 0 Å². The minimum absolute atomic E-state index is 0.0735. The third-order valence-corrected chi connectivity index (χ3v) is 7.44. The molecular weight excluding hydrogens is 408 g/mol. The van der Waals surface area contributed by atoms with E-state index in [9.17, 15) is 8.42 Å². The Bertz CT molecular complexity index is 912. The van der Waals surface area contributed by atoms with Crippen molar-refractivity contribution in [1.82, 2.24) is 4.72 Å². The van der Waals surface area contributed by atoms with E-state index in [-0.39, 0.29) is 18.1 Å². The third-order valence-electron chi connectivity index (χ3n) is 6.71. The topological polar surface area (TPSA) is 58.6 Å². The number of anilines is 1. The highest BCUT2D eigenvalue weighted by Crippen LogP contribution is 2.34. The van der Waals surface area contributed by atoms with Gasteiger partial charge in [-0.15, -0.1) is 0 Å². The number of rotatable bonds is 7. The van der Waals surface area contributed by atoms with Crippen LogP contribution in [-0.4, -0.2) is 46.5 Å². The lowest BCUT2D eigenvalue weighted by atomic mass is 9.82. The number of nitrogens with one attached hydrogen (secondary N) is 1. The summed E-state index contributed by atoms with van der Waals surface area (Å²) in [6, 6.07) is 21.1. The quantitative estimate of drug-likeness (QED) is 0.699. The first kappa shape index (κ1) is 22.3. The molecule has 2 aromatic carbocycles. The van der Waals surface area contributed by atoms with Crippen molar-refractivity contribution >= 4 is 15.7 Å². The first-order valence-electron chi connectivity index (χ1n) is 11.4. The molecule has 1 N–H and O–H groups in total. The predicted octanol–water partition coefficient (Wildman–Crippen LogP) is 4.17. The zero-order chi connectivity index (χ0) is 21.7. The molecule has 31 heavy (non-hydrogen) atoms. The maximum Gasteiger partial charge on any atom is 0.208 e. The molecule has 1 aliphatic heterocycles. The summed E-state index contributed by atoms with van der Waals surface area (Å²) in [5.74, 6) is 0.763. The second-order valence-electron chi connectivity index (χ2n) is 9.04. The number of benzene rings is 2. The van der Waals surface area contributed by atoms with E-state index >= 15 is 0 Å².